The zero-order valence-corrected chi connectivity index (χ0v) is 14.3. The van der Waals surface area contributed by atoms with Crippen molar-refractivity contribution < 1.29 is 0 Å². The molecule has 1 N–H and O–H groups in total. The fourth-order valence-electron chi connectivity index (χ4n) is 1.88. The van der Waals surface area contributed by atoms with E-state index in [1.807, 2.05) is 37.3 Å². The number of thiophene rings is 1. The molecular formula is C14H11BrN4S2. The Bertz CT molecular complexity index is 860. The molecule has 3 aromatic rings. The summed E-state index contributed by atoms with van der Waals surface area (Å²) in [5.74, 6) is 0.704. The van der Waals surface area contributed by atoms with Crippen LogP contribution in [-0.2, 0) is 0 Å². The quantitative estimate of drug-likeness (QED) is 0.533. The second-order valence-corrected chi connectivity index (χ2v) is 7.30. The van der Waals surface area contributed by atoms with Gasteiger partial charge in [0.05, 0.1) is 10.0 Å². The minimum atomic E-state index is 0.471. The lowest BCUT2D eigenvalue weighted by Gasteiger charge is -2.01. The first-order chi connectivity index (χ1) is 10.1. The van der Waals surface area contributed by atoms with Crippen LogP contribution in [0.15, 0.2) is 45.3 Å². The van der Waals surface area contributed by atoms with Crippen molar-refractivity contribution in [3.05, 3.63) is 55.4 Å². The Balaban J connectivity index is 2.01. The Hall–Kier alpha value is -1.57. The SMILES string of the molecule is Cc1cccc(-c2n[nH]c(=S)n2/N=C\c2ccc(Br)s2)c1. The number of nitrogens with one attached hydrogen (secondary N) is 1. The van der Waals surface area contributed by atoms with Crippen LogP contribution in [0.2, 0.25) is 0 Å². The van der Waals surface area contributed by atoms with E-state index >= 15 is 0 Å². The molecule has 0 aliphatic carbocycles. The molecule has 0 saturated carbocycles. The molecule has 2 heterocycles. The van der Waals surface area contributed by atoms with Crippen LogP contribution in [0, 0.1) is 11.7 Å². The van der Waals surface area contributed by atoms with Gasteiger partial charge in [-0.15, -0.1) is 11.3 Å². The van der Waals surface area contributed by atoms with Gasteiger partial charge in [-0.3, -0.25) is 0 Å². The van der Waals surface area contributed by atoms with Crippen LogP contribution >= 0.6 is 39.5 Å². The number of hydrogen-bond donors (Lipinski definition) is 1. The summed E-state index contributed by atoms with van der Waals surface area (Å²) in [6, 6.07) is 12.1. The number of benzene rings is 1. The summed E-state index contributed by atoms with van der Waals surface area (Å²) in [7, 11) is 0. The maximum Gasteiger partial charge on any atom is 0.216 e. The predicted molar refractivity (Wildman–Crippen MR) is 92.6 cm³/mol. The van der Waals surface area contributed by atoms with Crippen LogP contribution < -0.4 is 0 Å². The Morgan fingerprint density at radius 3 is 2.95 bits per heavy atom. The number of aryl methyl sites for hydroxylation is 1. The first-order valence-electron chi connectivity index (χ1n) is 6.17. The van der Waals surface area contributed by atoms with Gasteiger partial charge in [0.25, 0.3) is 0 Å². The van der Waals surface area contributed by atoms with Gasteiger partial charge >= 0.3 is 0 Å². The zero-order chi connectivity index (χ0) is 14.8. The Kier molecular flexibility index (Phi) is 4.14. The van der Waals surface area contributed by atoms with Crippen LogP contribution in [0.3, 0.4) is 0 Å². The lowest BCUT2D eigenvalue weighted by molar-refractivity contribution is 0.872. The highest BCUT2D eigenvalue weighted by Gasteiger charge is 2.08. The van der Waals surface area contributed by atoms with Crippen molar-refractivity contribution in [3.8, 4) is 11.4 Å². The van der Waals surface area contributed by atoms with Crippen molar-refractivity contribution in [2.75, 3.05) is 0 Å². The summed E-state index contributed by atoms with van der Waals surface area (Å²) in [5, 5.41) is 11.5. The van der Waals surface area contributed by atoms with Crippen molar-refractivity contribution >= 4 is 45.7 Å². The van der Waals surface area contributed by atoms with E-state index in [0.717, 1.165) is 14.2 Å². The summed E-state index contributed by atoms with van der Waals surface area (Å²) >= 11 is 10.3. The van der Waals surface area contributed by atoms with Gasteiger partial charge in [0.1, 0.15) is 0 Å². The summed E-state index contributed by atoms with van der Waals surface area (Å²) in [6.07, 6.45) is 1.78. The van der Waals surface area contributed by atoms with Gasteiger partial charge in [0.2, 0.25) is 4.77 Å². The molecule has 0 spiro atoms. The van der Waals surface area contributed by atoms with E-state index in [4.69, 9.17) is 12.2 Å². The molecule has 0 atom stereocenters. The number of H-pyrrole nitrogens is 1. The van der Waals surface area contributed by atoms with Gasteiger partial charge in [0, 0.05) is 10.4 Å². The van der Waals surface area contributed by atoms with Gasteiger partial charge in [-0.2, -0.15) is 14.9 Å². The smallest absolute Gasteiger partial charge is 0.216 e. The van der Waals surface area contributed by atoms with Gasteiger partial charge in [-0.05, 0) is 53.3 Å². The molecule has 106 valence electrons. The van der Waals surface area contributed by atoms with Crippen LogP contribution in [0.4, 0.5) is 0 Å². The van der Waals surface area contributed by atoms with Gasteiger partial charge in [0.15, 0.2) is 5.82 Å². The zero-order valence-electron chi connectivity index (χ0n) is 11.1. The number of nitrogens with zero attached hydrogens (tertiary/aromatic N) is 3. The van der Waals surface area contributed by atoms with E-state index in [-0.39, 0.29) is 0 Å². The Labute approximate surface area is 139 Å². The number of halogens is 1. The molecule has 0 unspecified atom stereocenters. The highest BCUT2D eigenvalue weighted by Crippen LogP contribution is 2.21. The molecule has 0 aliphatic rings. The van der Waals surface area contributed by atoms with Crippen LogP contribution in [0.25, 0.3) is 11.4 Å². The molecule has 0 radical (unpaired) electrons. The monoisotopic (exact) mass is 378 g/mol. The highest BCUT2D eigenvalue weighted by molar-refractivity contribution is 9.11. The second-order valence-electron chi connectivity index (χ2n) is 4.42. The van der Waals surface area contributed by atoms with E-state index in [1.165, 1.54) is 5.56 Å². The fourth-order valence-corrected chi connectivity index (χ4v) is 3.35. The summed E-state index contributed by atoms with van der Waals surface area (Å²) in [4.78, 5) is 1.04. The summed E-state index contributed by atoms with van der Waals surface area (Å²) in [6.45, 7) is 2.04. The minimum absolute atomic E-state index is 0.471. The van der Waals surface area contributed by atoms with E-state index in [2.05, 4.69) is 37.3 Å². The van der Waals surface area contributed by atoms with E-state index in [1.54, 1.807) is 22.2 Å². The molecule has 0 bridgehead atoms. The lowest BCUT2D eigenvalue weighted by Crippen LogP contribution is -1.94. The molecule has 3 rings (SSSR count). The lowest BCUT2D eigenvalue weighted by atomic mass is 10.1. The predicted octanol–water partition coefficient (Wildman–Crippen LogP) is 4.62. The molecule has 1 aromatic carbocycles. The van der Waals surface area contributed by atoms with Crippen molar-refractivity contribution in [3.63, 3.8) is 0 Å². The average Bonchev–Trinajstić information content (AvgIpc) is 3.03. The molecular weight excluding hydrogens is 368 g/mol. The second kappa shape index (κ2) is 6.05. The topological polar surface area (TPSA) is 46.0 Å². The fraction of sp³-hybridized carbons (Fsp3) is 0.0714. The normalized spacial score (nSPS) is 11.3. The Morgan fingerprint density at radius 1 is 1.38 bits per heavy atom. The number of hydrogen-bond acceptors (Lipinski definition) is 4. The average molecular weight is 379 g/mol. The van der Waals surface area contributed by atoms with Crippen molar-refractivity contribution in [1.29, 1.82) is 0 Å². The Morgan fingerprint density at radius 2 is 2.24 bits per heavy atom. The van der Waals surface area contributed by atoms with E-state index in [9.17, 15) is 0 Å². The number of rotatable bonds is 3. The molecule has 0 fully saturated rings. The molecule has 21 heavy (non-hydrogen) atoms. The summed E-state index contributed by atoms with van der Waals surface area (Å²) in [5.41, 5.74) is 2.14. The summed E-state index contributed by atoms with van der Waals surface area (Å²) < 4.78 is 3.18. The van der Waals surface area contributed by atoms with Gasteiger partial charge < -0.3 is 0 Å². The third kappa shape index (κ3) is 3.20. The third-order valence-electron chi connectivity index (χ3n) is 2.82. The van der Waals surface area contributed by atoms with Gasteiger partial charge in [-0.1, -0.05) is 23.8 Å². The highest BCUT2D eigenvalue weighted by atomic mass is 79.9. The van der Waals surface area contributed by atoms with E-state index < -0.39 is 0 Å². The van der Waals surface area contributed by atoms with Crippen LogP contribution in [-0.4, -0.2) is 21.1 Å². The maximum atomic E-state index is 5.25. The molecule has 2 aromatic heterocycles. The number of aromatic nitrogens is 3. The molecule has 4 nitrogen and oxygen atoms in total. The minimum Gasteiger partial charge on any atom is -0.250 e. The largest absolute Gasteiger partial charge is 0.250 e. The molecule has 0 saturated heterocycles. The molecule has 0 amide bonds. The third-order valence-corrected chi connectivity index (χ3v) is 4.64. The molecule has 7 heteroatoms. The number of aromatic amines is 1. The van der Waals surface area contributed by atoms with Crippen molar-refractivity contribution in [1.82, 2.24) is 14.9 Å². The van der Waals surface area contributed by atoms with Crippen LogP contribution in [0.1, 0.15) is 10.4 Å². The van der Waals surface area contributed by atoms with E-state index in [0.29, 0.717) is 10.6 Å². The van der Waals surface area contributed by atoms with Crippen molar-refractivity contribution in [2.24, 2.45) is 5.10 Å². The maximum absolute atomic E-state index is 5.25. The standard InChI is InChI=1S/C14H11BrN4S2/c1-9-3-2-4-10(7-9)13-17-18-14(20)19(13)16-8-11-5-6-12(15)21-11/h2-8H,1H3,(H,18,20)/b16-8-. The first-order valence-corrected chi connectivity index (χ1v) is 8.19. The van der Waals surface area contributed by atoms with Gasteiger partial charge in [-0.25, -0.2) is 5.10 Å². The van der Waals surface area contributed by atoms with Crippen molar-refractivity contribution in [2.45, 2.75) is 6.92 Å². The first kappa shape index (κ1) is 14.4. The van der Waals surface area contributed by atoms with Crippen LogP contribution in [0.5, 0.6) is 0 Å². The molecule has 0 aliphatic heterocycles.